The highest BCUT2D eigenvalue weighted by Gasteiger charge is 2.30. The summed E-state index contributed by atoms with van der Waals surface area (Å²) in [7, 11) is 1.89. The van der Waals surface area contributed by atoms with Crippen LogP contribution in [0.3, 0.4) is 0 Å². The molecular weight excluding hydrogens is 476 g/mol. The molecule has 0 aromatic heterocycles. The molecule has 0 saturated carbocycles. The number of nitrogens with one attached hydrogen (secondary N) is 2. The van der Waals surface area contributed by atoms with Crippen molar-refractivity contribution in [1.29, 1.82) is 0 Å². The smallest absolute Gasteiger partial charge is 0.323 e. The van der Waals surface area contributed by atoms with Gasteiger partial charge < -0.3 is 25.2 Å². The summed E-state index contributed by atoms with van der Waals surface area (Å²) in [5.74, 6) is 1.53. The third-order valence-corrected chi connectivity index (χ3v) is 6.95. The maximum atomic E-state index is 12.8. The van der Waals surface area contributed by atoms with Gasteiger partial charge in [-0.2, -0.15) is 0 Å². The Morgan fingerprint density at radius 2 is 1.53 bits per heavy atom. The maximum Gasteiger partial charge on any atom is 0.323 e. The minimum Gasteiger partial charge on any atom is -0.457 e. The number of hydrogen-bond donors (Lipinski definition) is 2. The fourth-order valence-corrected chi connectivity index (χ4v) is 4.80. The summed E-state index contributed by atoms with van der Waals surface area (Å²) in [4.78, 5) is 29.6. The number of allylic oxidation sites excluding steroid dienone is 4. The Bertz CT molecular complexity index is 1320. The van der Waals surface area contributed by atoms with Crippen LogP contribution >= 0.6 is 0 Å². The first-order valence-corrected chi connectivity index (χ1v) is 12.9. The van der Waals surface area contributed by atoms with E-state index in [1.807, 2.05) is 103 Å². The molecular formula is C31H32N4O3. The predicted octanol–water partition coefficient (Wildman–Crippen LogP) is 6.01. The van der Waals surface area contributed by atoms with Gasteiger partial charge in [0.25, 0.3) is 5.91 Å². The second-order valence-electron chi connectivity index (χ2n) is 9.54. The number of anilines is 1. The predicted molar refractivity (Wildman–Crippen MR) is 149 cm³/mol. The number of rotatable bonds is 7. The molecule has 3 amide bonds. The van der Waals surface area contributed by atoms with Crippen molar-refractivity contribution in [2.24, 2.45) is 0 Å². The minimum absolute atomic E-state index is 0.0610. The Balaban J connectivity index is 1.10. The molecule has 1 aliphatic heterocycles. The normalized spacial score (nSPS) is 16.8. The zero-order valence-electron chi connectivity index (χ0n) is 21.5. The van der Waals surface area contributed by atoms with Crippen LogP contribution in [0, 0.1) is 0 Å². The van der Waals surface area contributed by atoms with Crippen molar-refractivity contribution in [2.45, 2.75) is 25.3 Å². The fourth-order valence-electron chi connectivity index (χ4n) is 4.80. The Morgan fingerprint density at radius 3 is 2.21 bits per heavy atom. The monoisotopic (exact) mass is 508 g/mol. The lowest BCUT2D eigenvalue weighted by molar-refractivity contribution is 0.0737. The van der Waals surface area contributed by atoms with E-state index in [4.69, 9.17) is 4.74 Å². The summed E-state index contributed by atoms with van der Waals surface area (Å²) >= 11 is 0. The van der Waals surface area contributed by atoms with E-state index in [2.05, 4.69) is 21.6 Å². The number of carbonyl (C=O) groups is 2. The molecule has 3 aromatic rings. The number of nitrogens with zero attached hydrogens (tertiary/aromatic N) is 2. The molecule has 7 nitrogen and oxygen atoms in total. The number of ether oxygens (including phenoxy) is 1. The standard InChI is InChI=1S/C31H32N4O3/c1-34(30(36)23-8-4-2-5-9-23)27-20-21-35(22-27)26-16-12-24(13-17-26)32-31(37)33-25-14-18-29(19-15-25)38-28-10-6-3-7-11-28/h2-12,14-16,18-19,27H,13,17,20-22H2,1H3,(H2,32,33,37)/t27-/m0/s1. The first-order valence-electron chi connectivity index (χ1n) is 12.9. The summed E-state index contributed by atoms with van der Waals surface area (Å²) in [6.45, 7) is 1.74. The van der Waals surface area contributed by atoms with E-state index in [1.54, 1.807) is 0 Å². The van der Waals surface area contributed by atoms with Gasteiger partial charge in [0.05, 0.1) is 6.04 Å². The van der Waals surface area contributed by atoms with Crippen LogP contribution in [0.2, 0.25) is 0 Å². The highest BCUT2D eigenvalue weighted by Crippen LogP contribution is 2.27. The van der Waals surface area contributed by atoms with Crippen molar-refractivity contribution in [1.82, 2.24) is 15.1 Å². The number of para-hydroxylation sites is 1. The van der Waals surface area contributed by atoms with Crippen molar-refractivity contribution in [2.75, 3.05) is 25.5 Å². The van der Waals surface area contributed by atoms with Gasteiger partial charge in [0.1, 0.15) is 11.5 Å². The molecule has 0 bridgehead atoms. The summed E-state index contributed by atoms with van der Waals surface area (Å²) in [5.41, 5.74) is 3.53. The lowest BCUT2D eigenvalue weighted by atomic mass is 10.1. The van der Waals surface area contributed by atoms with Crippen LogP contribution in [0.5, 0.6) is 11.5 Å². The SMILES string of the molecule is CN(C(=O)c1ccccc1)[C@H]1CCN(C2=CC=C(NC(=O)Nc3ccc(Oc4ccccc4)cc3)CC2)C1. The van der Waals surface area contributed by atoms with E-state index in [1.165, 1.54) is 5.70 Å². The fraction of sp³-hybridized carbons (Fsp3) is 0.226. The number of hydrogen-bond acceptors (Lipinski definition) is 4. The van der Waals surface area contributed by atoms with E-state index in [0.717, 1.165) is 49.4 Å². The molecule has 1 heterocycles. The van der Waals surface area contributed by atoms with Crippen molar-refractivity contribution < 1.29 is 14.3 Å². The minimum atomic E-state index is -0.271. The Hall–Kier alpha value is -4.52. The third kappa shape index (κ3) is 6.24. The highest BCUT2D eigenvalue weighted by atomic mass is 16.5. The number of carbonyl (C=O) groups excluding carboxylic acids is 2. The van der Waals surface area contributed by atoms with Gasteiger partial charge in [-0.25, -0.2) is 4.79 Å². The van der Waals surface area contributed by atoms with Gasteiger partial charge in [-0.15, -0.1) is 0 Å². The van der Waals surface area contributed by atoms with Crippen LogP contribution in [0.15, 0.2) is 108 Å². The van der Waals surface area contributed by atoms with Crippen LogP contribution in [0.25, 0.3) is 0 Å². The third-order valence-electron chi connectivity index (χ3n) is 6.95. The van der Waals surface area contributed by atoms with Crippen LogP contribution in [-0.4, -0.2) is 47.9 Å². The van der Waals surface area contributed by atoms with Gasteiger partial charge in [0.2, 0.25) is 0 Å². The molecule has 1 fully saturated rings. The summed E-state index contributed by atoms with van der Waals surface area (Å²) in [6.07, 6.45) is 6.60. The first-order chi connectivity index (χ1) is 18.5. The van der Waals surface area contributed by atoms with E-state index in [9.17, 15) is 9.59 Å². The number of amides is 3. The number of likely N-dealkylation sites (N-methyl/N-ethyl adjacent to an activating group) is 1. The van der Waals surface area contributed by atoms with Crippen molar-refractivity contribution in [3.8, 4) is 11.5 Å². The summed E-state index contributed by atoms with van der Waals surface area (Å²) in [5, 5.41) is 5.83. The average Bonchev–Trinajstić information content (AvgIpc) is 3.45. The van der Waals surface area contributed by atoms with Crippen molar-refractivity contribution >= 4 is 17.6 Å². The maximum absolute atomic E-state index is 12.8. The van der Waals surface area contributed by atoms with Gasteiger partial charge in [-0.3, -0.25) is 4.79 Å². The molecule has 0 unspecified atom stereocenters. The molecule has 1 aliphatic carbocycles. The highest BCUT2D eigenvalue weighted by molar-refractivity contribution is 5.94. The van der Waals surface area contributed by atoms with Gasteiger partial charge in [-0.1, -0.05) is 36.4 Å². The molecule has 5 rings (SSSR count). The molecule has 2 N–H and O–H groups in total. The van der Waals surface area contributed by atoms with E-state index in [0.29, 0.717) is 11.4 Å². The van der Waals surface area contributed by atoms with Crippen molar-refractivity contribution in [3.63, 3.8) is 0 Å². The molecule has 7 heteroatoms. The molecule has 2 aliphatic rings. The van der Waals surface area contributed by atoms with Gasteiger partial charge in [-0.05, 0) is 79.9 Å². The van der Waals surface area contributed by atoms with Crippen LogP contribution < -0.4 is 15.4 Å². The first kappa shape index (κ1) is 25.1. The van der Waals surface area contributed by atoms with Crippen LogP contribution in [-0.2, 0) is 0 Å². The number of urea groups is 1. The Kier molecular flexibility index (Phi) is 7.73. The van der Waals surface area contributed by atoms with Crippen molar-refractivity contribution in [3.05, 3.63) is 114 Å². The van der Waals surface area contributed by atoms with Gasteiger partial charge >= 0.3 is 6.03 Å². The Morgan fingerprint density at radius 1 is 0.842 bits per heavy atom. The second kappa shape index (κ2) is 11.7. The lowest BCUT2D eigenvalue weighted by Gasteiger charge is -2.28. The Labute approximate surface area is 223 Å². The lowest BCUT2D eigenvalue weighted by Crippen LogP contribution is -2.39. The zero-order chi connectivity index (χ0) is 26.3. The van der Waals surface area contributed by atoms with Gasteiger partial charge in [0.15, 0.2) is 0 Å². The van der Waals surface area contributed by atoms with Crippen LogP contribution in [0.1, 0.15) is 29.6 Å². The molecule has 1 atom stereocenters. The number of likely N-dealkylation sites (tertiary alicyclic amines) is 1. The molecule has 0 radical (unpaired) electrons. The van der Waals surface area contributed by atoms with Crippen LogP contribution in [0.4, 0.5) is 10.5 Å². The average molecular weight is 509 g/mol. The quantitative estimate of drug-likeness (QED) is 0.410. The van der Waals surface area contributed by atoms with E-state index < -0.39 is 0 Å². The van der Waals surface area contributed by atoms with E-state index in [-0.39, 0.29) is 18.0 Å². The number of benzene rings is 3. The van der Waals surface area contributed by atoms with E-state index >= 15 is 0 Å². The molecule has 3 aromatic carbocycles. The topological polar surface area (TPSA) is 73.9 Å². The van der Waals surface area contributed by atoms with Gasteiger partial charge in [0, 0.05) is 42.8 Å². The summed E-state index contributed by atoms with van der Waals surface area (Å²) in [6, 6.07) is 26.2. The molecule has 194 valence electrons. The molecule has 0 spiro atoms. The zero-order valence-corrected chi connectivity index (χ0v) is 21.5. The summed E-state index contributed by atoms with van der Waals surface area (Å²) < 4.78 is 5.80. The molecule has 38 heavy (non-hydrogen) atoms. The second-order valence-corrected chi connectivity index (χ2v) is 9.54. The largest absolute Gasteiger partial charge is 0.457 e. The molecule has 1 saturated heterocycles.